The SMILES string of the molecule is COc1ccccc1OCCOc1cc(/C=N/O)ccc1OC. The molecule has 2 rings (SSSR count). The van der Waals surface area contributed by atoms with Gasteiger partial charge in [-0.2, -0.15) is 0 Å². The Hall–Kier alpha value is -2.89. The molecule has 0 aliphatic heterocycles. The second kappa shape index (κ2) is 8.53. The first-order chi connectivity index (χ1) is 11.3. The minimum Gasteiger partial charge on any atom is -0.493 e. The van der Waals surface area contributed by atoms with Crippen molar-refractivity contribution in [3.63, 3.8) is 0 Å². The predicted octanol–water partition coefficient (Wildman–Crippen LogP) is 2.97. The number of nitrogens with zero attached hydrogens (tertiary/aromatic N) is 1. The van der Waals surface area contributed by atoms with Crippen LogP contribution in [0, 0.1) is 0 Å². The van der Waals surface area contributed by atoms with Gasteiger partial charge in [0.1, 0.15) is 13.2 Å². The summed E-state index contributed by atoms with van der Waals surface area (Å²) < 4.78 is 21.8. The molecule has 0 atom stereocenters. The van der Waals surface area contributed by atoms with E-state index in [1.165, 1.54) is 6.21 Å². The van der Waals surface area contributed by atoms with Crippen molar-refractivity contribution in [1.29, 1.82) is 0 Å². The maximum absolute atomic E-state index is 8.59. The molecule has 2 aromatic rings. The third-order valence-corrected chi connectivity index (χ3v) is 3.06. The van der Waals surface area contributed by atoms with Crippen LogP contribution < -0.4 is 18.9 Å². The third-order valence-electron chi connectivity index (χ3n) is 3.06. The van der Waals surface area contributed by atoms with Crippen LogP contribution in [0.4, 0.5) is 0 Å². The molecule has 0 saturated carbocycles. The Morgan fingerprint density at radius 2 is 1.48 bits per heavy atom. The summed E-state index contributed by atoms with van der Waals surface area (Å²) in [7, 11) is 3.16. The van der Waals surface area contributed by atoms with Gasteiger partial charge in [0.2, 0.25) is 0 Å². The van der Waals surface area contributed by atoms with Crippen LogP contribution in [0.25, 0.3) is 0 Å². The Morgan fingerprint density at radius 3 is 2.13 bits per heavy atom. The van der Waals surface area contributed by atoms with Gasteiger partial charge < -0.3 is 24.2 Å². The largest absolute Gasteiger partial charge is 0.493 e. The molecule has 6 heteroatoms. The smallest absolute Gasteiger partial charge is 0.161 e. The number of rotatable bonds is 8. The molecule has 0 spiro atoms. The summed E-state index contributed by atoms with van der Waals surface area (Å²) in [6.07, 6.45) is 1.32. The van der Waals surface area contributed by atoms with E-state index in [4.69, 9.17) is 24.2 Å². The summed E-state index contributed by atoms with van der Waals surface area (Å²) in [5.41, 5.74) is 0.703. The average molecular weight is 317 g/mol. The Balaban J connectivity index is 1.94. The zero-order valence-corrected chi connectivity index (χ0v) is 13.1. The van der Waals surface area contributed by atoms with Crippen molar-refractivity contribution in [3.8, 4) is 23.0 Å². The lowest BCUT2D eigenvalue weighted by molar-refractivity contribution is 0.206. The molecular weight excluding hydrogens is 298 g/mol. The van der Waals surface area contributed by atoms with Crippen molar-refractivity contribution < 1.29 is 24.2 Å². The normalized spacial score (nSPS) is 10.5. The summed E-state index contributed by atoms with van der Waals surface area (Å²) in [6, 6.07) is 12.6. The van der Waals surface area contributed by atoms with Gasteiger partial charge in [-0.15, -0.1) is 0 Å². The monoisotopic (exact) mass is 317 g/mol. The Kier molecular flexibility index (Phi) is 6.11. The van der Waals surface area contributed by atoms with Crippen LogP contribution in [0.1, 0.15) is 5.56 Å². The second-order valence-corrected chi connectivity index (χ2v) is 4.50. The molecule has 122 valence electrons. The van der Waals surface area contributed by atoms with E-state index < -0.39 is 0 Å². The van der Waals surface area contributed by atoms with E-state index in [-0.39, 0.29) is 0 Å². The van der Waals surface area contributed by atoms with Gasteiger partial charge in [-0.3, -0.25) is 0 Å². The van der Waals surface area contributed by atoms with Crippen molar-refractivity contribution in [3.05, 3.63) is 48.0 Å². The summed E-state index contributed by atoms with van der Waals surface area (Å²) in [5, 5.41) is 11.6. The molecule has 0 heterocycles. The molecule has 1 N–H and O–H groups in total. The number of ether oxygens (including phenoxy) is 4. The van der Waals surface area contributed by atoms with Crippen LogP contribution in [-0.2, 0) is 0 Å². The summed E-state index contributed by atoms with van der Waals surface area (Å²) in [6.45, 7) is 0.677. The molecule has 0 aromatic heterocycles. The number of methoxy groups -OCH3 is 2. The van der Waals surface area contributed by atoms with Crippen LogP contribution in [0.2, 0.25) is 0 Å². The van der Waals surface area contributed by atoms with Crippen molar-refractivity contribution in [2.75, 3.05) is 27.4 Å². The van der Waals surface area contributed by atoms with E-state index >= 15 is 0 Å². The molecule has 0 unspecified atom stereocenters. The molecule has 0 aliphatic rings. The Morgan fingerprint density at radius 1 is 0.870 bits per heavy atom. The average Bonchev–Trinajstić information content (AvgIpc) is 2.59. The van der Waals surface area contributed by atoms with E-state index in [1.807, 2.05) is 24.3 Å². The lowest BCUT2D eigenvalue weighted by Crippen LogP contribution is -2.10. The van der Waals surface area contributed by atoms with Gasteiger partial charge in [0.15, 0.2) is 23.0 Å². The van der Waals surface area contributed by atoms with Crippen LogP contribution in [0.3, 0.4) is 0 Å². The fourth-order valence-electron chi connectivity index (χ4n) is 1.99. The molecule has 0 bridgehead atoms. The van der Waals surface area contributed by atoms with E-state index in [1.54, 1.807) is 32.4 Å². The van der Waals surface area contributed by atoms with Crippen molar-refractivity contribution in [1.82, 2.24) is 0 Å². The van der Waals surface area contributed by atoms with Gasteiger partial charge >= 0.3 is 0 Å². The van der Waals surface area contributed by atoms with Gasteiger partial charge in [-0.1, -0.05) is 17.3 Å². The summed E-state index contributed by atoms with van der Waals surface area (Å²) >= 11 is 0. The number of hydrogen-bond donors (Lipinski definition) is 1. The van der Waals surface area contributed by atoms with Gasteiger partial charge in [-0.25, -0.2) is 0 Å². The Labute approximate surface area is 134 Å². The predicted molar refractivity (Wildman–Crippen MR) is 86.4 cm³/mol. The minimum absolute atomic E-state index is 0.328. The highest BCUT2D eigenvalue weighted by atomic mass is 16.5. The van der Waals surface area contributed by atoms with E-state index in [0.717, 1.165) is 0 Å². The van der Waals surface area contributed by atoms with Crippen LogP contribution >= 0.6 is 0 Å². The van der Waals surface area contributed by atoms with Gasteiger partial charge in [-0.05, 0) is 30.3 Å². The van der Waals surface area contributed by atoms with Crippen molar-refractivity contribution in [2.24, 2.45) is 5.16 Å². The number of oxime groups is 1. The molecule has 0 saturated heterocycles. The Bertz CT molecular complexity index is 657. The lowest BCUT2D eigenvalue weighted by Gasteiger charge is -2.13. The molecule has 23 heavy (non-hydrogen) atoms. The van der Waals surface area contributed by atoms with E-state index in [9.17, 15) is 0 Å². The minimum atomic E-state index is 0.328. The molecule has 0 aliphatic carbocycles. The van der Waals surface area contributed by atoms with Gasteiger partial charge in [0, 0.05) is 5.56 Å². The molecule has 6 nitrogen and oxygen atoms in total. The highest BCUT2D eigenvalue weighted by molar-refractivity contribution is 5.80. The topological polar surface area (TPSA) is 69.5 Å². The fraction of sp³-hybridized carbons (Fsp3) is 0.235. The first-order valence-electron chi connectivity index (χ1n) is 7.02. The molecular formula is C17H19NO5. The van der Waals surface area contributed by atoms with Gasteiger partial charge in [0.25, 0.3) is 0 Å². The number of benzene rings is 2. The van der Waals surface area contributed by atoms with E-state index in [0.29, 0.717) is 41.8 Å². The van der Waals surface area contributed by atoms with E-state index in [2.05, 4.69) is 5.16 Å². The van der Waals surface area contributed by atoms with Gasteiger partial charge in [0.05, 0.1) is 20.4 Å². The number of para-hydroxylation sites is 2. The zero-order valence-electron chi connectivity index (χ0n) is 13.1. The highest BCUT2D eigenvalue weighted by Gasteiger charge is 2.06. The highest BCUT2D eigenvalue weighted by Crippen LogP contribution is 2.28. The zero-order chi connectivity index (χ0) is 16.5. The standard InChI is InChI=1S/C17H19NO5/c1-20-14-5-3-4-6-16(14)22-9-10-23-17-11-13(12-18-19)7-8-15(17)21-2/h3-8,11-12,19H,9-10H2,1-2H3/b18-12+. The maximum Gasteiger partial charge on any atom is 0.161 e. The van der Waals surface area contributed by atoms with Crippen LogP contribution in [-0.4, -0.2) is 38.9 Å². The third kappa shape index (κ3) is 4.54. The summed E-state index contributed by atoms with van der Waals surface area (Å²) in [4.78, 5) is 0. The maximum atomic E-state index is 8.59. The number of hydrogen-bond acceptors (Lipinski definition) is 6. The van der Waals surface area contributed by atoms with Crippen LogP contribution in [0.5, 0.6) is 23.0 Å². The lowest BCUT2D eigenvalue weighted by atomic mass is 10.2. The van der Waals surface area contributed by atoms with Crippen molar-refractivity contribution >= 4 is 6.21 Å². The first-order valence-corrected chi connectivity index (χ1v) is 7.02. The van der Waals surface area contributed by atoms with Crippen molar-refractivity contribution in [2.45, 2.75) is 0 Å². The molecule has 2 aromatic carbocycles. The quantitative estimate of drug-likeness (QED) is 0.351. The molecule has 0 radical (unpaired) electrons. The summed E-state index contributed by atoms with van der Waals surface area (Å²) in [5.74, 6) is 2.48. The molecule has 0 amide bonds. The first kappa shape index (κ1) is 16.5. The van der Waals surface area contributed by atoms with Crippen LogP contribution in [0.15, 0.2) is 47.6 Å². The molecule has 0 fully saturated rings. The fourth-order valence-corrected chi connectivity index (χ4v) is 1.99. The second-order valence-electron chi connectivity index (χ2n) is 4.50.